The van der Waals surface area contributed by atoms with Gasteiger partial charge in [-0.3, -0.25) is 0 Å². The summed E-state index contributed by atoms with van der Waals surface area (Å²) in [5.41, 5.74) is 8.13. The van der Waals surface area contributed by atoms with Crippen molar-refractivity contribution in [2.75, 3.05) is 14.2 Å². The maximum atomic E-state index is 6.29. The Kier molecular flexibility index (Phi) is 5.22. The quantitative estimate of drug-likeness (QED) is 0.865. The van der Waals surface area contributed by atoms with E-state index < -0.39 is 0 Å². The third-order valence-corrected chi connectivity index (χ3v) is 3.92. The minimum absolute atomic E-state index is 0.310. The Morgan fingerprint density at radius 1 is 0.905 bits per heavy atom. The van der Waals surface area contributed by atoms with Crippen molar-refractivity contribution in [2.24, 2.45) is 5.73 Å². The van der Waals surface area contributed by atoms with Crippen LogP contribution in [0.4, 0.5) is 0 Å². The van der Waals surface area contributed by atoms with Gasteiger partial charge in [0.1, 0.15) is 0 Å². The second-order valence-corrected chi connectivity index (χ2v) is 5.56. The average Bonchev–Trinajstić information content (AvgIpc) is 2.45. The number of benzene rings is 2. The highest BCUT2D eigenvalue weighted by Crippen LogP contribution is 2.42. The first-order valence-electron chi connectivity index (χ1n) is 6.11. The topological polar surface area (TPSA) is 44.5 Å². The van der Waals surface area contributed by atoms with E-state index in [1.54, 1.807) is 26.4 Å². The Bertz CT molecular complexity index is 651. The summed E-state index contributed by atoms with van der Waals surface area (Å²) in [6, 6.07) is 6.90. The van der Waals surface area contributed by atoms with Crippen LogP contribution in [0.2, 0.25) is 15.1 Å². The number of methoxy groups -OCH3 is 2. The van der Waals surface area contributed by atoms with Crippen molar-refractivity contribution in [1.29, 1.82) is 0 Å². The van der Waals surface area contributed by atoms with Crippen LogP contribution in [0, 0.1) is 0 Å². The molecule has 0 aliphatic carbocycles. The van der Waals surface area contributed by atoms with Crippen LogP contribution in [0.3, 0.4) is 0 Å². The molecule has 3 nitrogen and oxygen atoms in total. The maximum Gasteiger partial charge on any atom is 0.161 e. The smallest absolute Gasteiger partial charge is 0.161 e. The van der Waals surface area contributed by atoms with Gasteiger partial charge in [0, 0.05) is 17.1 Å². The molecule has 0 fully saturated rings. The van der Waals surface area contributed by atoms with Gasteiger partial charge >= 0.3 is 0 Å². The molecular weight excluding hydrogens is 333 g/mol. The molecule has 0 radical (unpaired) electrons. The van der Waals surface area contributed by atoms with E-state index >= 15 is 0 Å². The van der Waals surface area contributed by atoms with Gasteiger partial charge in [-0.05, 0) is 35.4 Å². The summed E-state index contributed by atoms with van der Waals surface area (Å²) >= 11 is 18.5. The number of hydrogen-bond donors (Lipinski definition) is 1. The fourth-order valence-corrected chi connectivity index (χ4v) is 3.14. The lowest BCUT2D eigenvalue weighted by atomic mass is 9.98. The highest BCUT2D eigenvalue weighted by molar-refractivity contribution is 6.41. The molecular formula is C15H14Cl3NO2. The van der Waals surface area contributed by atoms with Crippen LogP contribution in [0.5, 0.6) is 11.5 Å². The van der Waals surface area contributed by atoms with Gasteiger partial charge in [-0.15, -0.1) is 0 Å². The fraction of sp³-hybridized carbons (Fsp3) is 0.200. The lowest BCUT2D eigenvalue weighted by molar-refractivity contribution is 0.354. The second kappa shape index (κ2) is 6.75. The summed E-state index contributed by atoms with van der Waals surface area (Å²) < 4.78 is 10.6. The lowest BCUT2D eigenvalue weighted by Crippen LogP contribution is -2.02. The van der Waals surface area contributed by atoms with E-state index in [0.29, 0.717) is 38.7 Å². The first kappa shape index (κ1) is 16.2. The van der Waals surface area contributed by atoms with E-state index in [0.717, 1.165) is 11.1 Å². The Hall–Kier alpha value is -1.13. The zero-order valence-corrected chi connectivity index (χ0v) is 13.8. The Morgan fingerprint density at radius 3 is 1.90 bits per heavy atom. The molecule has 2 aromatic carbocycles. The largest absolute Gasteiger partial charge is 0.493 e. The van der Waals surface area contributed by atoms with E-state index in [9.17, 15) is 0 Å². The molecule has 0 atom stereocenters. The monoisotopic (exact) mass is 345 g/mol. The van der Waals surface area contributed by atoms with Gasteiger partial charge in [0.05, 0.1) is 24.3 Å². The van der Waals surface area contributed by atoms with Crippen molar-refractivity contribution in [3.05, 3.63) is 44.9 Å². The van der Waals surface area contributed by atoms with Crippen molar-refractivity contribution in [2.45, 2.75) is 6.54 Å². The van der Waals surface area contributed by atoms with E-state index in [-0.39, 0.29) is 0 Å². The van der Waals surface area contributed by atoms with Gasteiger partial charge in [0.2, 0.25) is 0 Å². The number of ether oxygens (including phenoxy) is 2. The first-order valence-corrected chi connectivity index (χ1v) is 7.25. The highest BCUT2D eigenvalue weighted by Gasteiger charge is 2.17. The van der Waals surface area contributed by atoms with Gasteiger partial charge in [-0.2, -0.15) is 0 Å². The van der Waals surface area contributed by atoms with Crippen molar-refractivity contribution < 1.29 is 9.47 Å². The van der Waals surface area contributed by atoms with Crippen LogP contribution in [-0.4, -0.2) is 14.2 Å². The number of hydrogen-bond acceptors (Lipinski definition) is 3. The second-order valence-electron chi connectivity index (χ2n) is 4.31. The molecule has 2 N–H and O–H groups in total. The summed E-state index contributed by atoms with van der Waals surface area (Å²) in [5, 5.41) is 1.38. The summed E-state index contributed by atoms with van der Waals surface area (Å²) in [6.07, 6.45) is 0. The molecule has 0 unspecified atom stereocenters. The van der Waals surface area contributed by atoms with Crippen molar-refractivity contribution >= 4 is 34.8 Å². The van der Waals surface area contributed by atoms with Crippen LogP contribution in [0.15, 0.2) is 24.3 Å². The lowest BCUT2D eigenvalue weighted by Gasteiger charge is -2.16. The summed E-state index contributed by atoms with van der Waals surface area (Å²) in [7, 11) is 3.13. The van der Waals surface area contributed by atoms with Gasteiger partial charge in [-0.25, -0.2) is 0 Å². The Balaban J connectivity index is 2.74. The van der Waals surface area contributed by atoms with Gasteiger partial charge < -0.3 is 15.2 Å². The van der Waals surface area contributed by atoms with E-state index in [1.807, 2.05) is 12.1 Å². The van der Waals surface area contributed by atoms with Crippen molar-refractivity contribution in [1.82, 2.24) is 0 Å². The fourth-order valence-electron chi connectivity index (χ4n) is 2.12. The van der Waals surface area contributed by atoms with Crippen LogP contribution < -0.4 is 15.2 Å². The SMILES string of the molecule is COc1cc(CN)c(-c2c(Cl)cc(Cl)cc2Cl)cc1OC. The van der Waals surface area contributed by atoms with Gasteiger partial charge in [0.25, 0.3) is 0 Å². The van der Waals surface area contributed by atoms with Crippen LogP contribution in [-0.2, 0) is 6.54 Å². The third kappa shape index (κ3) is 3.22. The number of halogens is 3. The first-order chi connectivity index (χ1) is 10.0. The minimum Gasteiger partial charge on any atom is -0.493 e. The van der Waals surface area contributed by atoms with Crippen LogP contribution >= 0.6 is 34.8 Å². The normalized spacial score (nSPS) is 10.6. The molecule has 0 saturated heterocycles. The zero-order valence-electron chi connectivity index (χ0n) is 11.5. The Labute approximate surface area is 138 Å². The molecule has 0 heterocycles. The molecule has 2 rings (SSSR count). The molecule has 2 aromatic rings. The predicted molar refractivity (Wildman–Crippen MR) is 87.9 cm³/mol. The molecule has 0 aromatic heterocycles. The van der Waals surface area contributed by atoms with Gasteiger partial charge in [-0.1, -0.05) is 34.8 Å². The van der Waals surface area contributed by atoms with Crippen LogP contribution in [0.25, 0.3) is 11.1 Å². The third-order valence-electron chi connectivity index (χ3n) is 3.11. The minimum atomic E-state index is 0.310. The van der Waals surface area contributed by atoms with E-state index in [1.165, 1.54) is 0 Å². The van der Waals surface area contributed by atoms with Crippen molar-refractivity contribution in [3.8, 4) is 22.6 Å². The average molecular weight is 347 g/mol. The summed E-state index contributed by atoms with van der Waals surface area (Å²) in [6.45, 7) is 0.310. The van der Waals surface area contributed by atoms with E-state index in [2.05, 4.69) is 0 Å². The molecule has 0 spiro atoms. The summed E-state index contributed by atoms with van der Waals surface area (Å²) in [5.74, 6) is 1.18. The maximum absolute atomic E-state index is 6.29. The number of nitrogens with two attached hydrogens (primary N) is 1. The summed E-state index contributed by atoms with van der Waals surface area (Å²) in [4.78, 5) is 0. The molecule has 0 amide bonds. The molecule has 0 aliphatic heterocycles. The molecule has 0 aliphatic rings. The molecule has 6 heteroatoms. The van der Waals surface area contributed by atoms with E-state index in [4.69, 9.17) is 50.0 Å². The molecule has 21 heavy (non-hydrogen) atoms. The highest BCUT2D eigenvalue weighted by atomic mass is 35.5. The van der Waals surface area contributed by atoms with Crippen molar-refractivity contribution in [3.63, 3.8) is 0 Å². The van der Waals surface area contributed by atoms with Gasteiger partial charge in [0.15, 0.2) is 11.5 Å². The predicted octanol–water partition coefficient (Wildman–Crippen LogP) is 4.79. The zero-order chi connectivity index (χ0) is 15.6. The molecule has 112 valence electrons. The van der Waals surface area contributed by atoms with Crippen LogP contribution in [0.1, 0.15) is 5.56 Å². The number of rotatable bonds is 4. The standard InChI is InChI=1S/C15H14Cl3NO2/c1-20-13-3-8(7-19)10(6-14(13)21-2)15-11(17)4-9(16)5-12(15)18/h3-6H,7,19H2,1-2H3. The molecule has 0 bridgehead atoms. The molecule has 0 saturated carbocycles. The Morgan fingerprint density at radius 2 is 1.43 bits per heavy atom.